The standard InChI is InChI=1S/C17H33NO3S2/c1-14(2)10-7-5-6-8-12-20-13-9-11-18-16(22)23-17(19)21-15(3)4/h14-15H,5-13H2,1-4H3,(H,18,22). The second kappa shape index (κ2) is 15.2. The van der Waals surface area contributed by atoms with Gasteiger partial charge >= 0.3 is 5.30 Å². The number of thiocarbonyl (C=S) groups is 1. The Labute approximate surface area is 151 Å². The van der Waals surface area contributed by atoms with E-state index in [2.05, 4.69) is 19.2 Å². The molecule has 0 amide bonds. The van der Waals surface area contributed by atoms with Crippen molar-refractivity contribution in [2.75, 3.05) is 19.8 Å². The van der Waals surface area contributed by atoms with Gasteiger partial charge in [0.25, 0.3) is 0 Å². The Hall–Kier alpha value is -0.330. The minimum absolute atomic E-state index is 0.114. The molecule has 0 saturated carbocycles. The third-order valence-electron chi connectivity index (χ3n) is 3.06. The molecule has 0 atom stereocenters. The van der Waals surface area contributed by atoms with E-state index < -0.39 is 0 Å². The first-order valence-corrected chi connectivity index (χ1v) is 9.88. The van der Waals surface area contributed by atoms with Gasteiger partial charge in [0.1, 0.15) is 4.32 Å². The molecule has 0 aromatic carbocycles. The molecule has 0 aromatic heterocycles. The first kappa shape index (κ1) is 22.7. The number of carbonyl (C=O) groups excluding carboxylic acids is 1. The maximum absolute atomic E-state index is 11.4. The summed E-state index contributed by atoms with van der Waals surface area (Å²) in [5.41, 5.74) is 0. The number of rotatable bonds is 12. The fourth-order valence-corrected chi connectivity index (χ4v) is 2.78. The highest BCUT2D eigenvalue weighted by molar-refractivity contribution is 8.32. The molecule has 0 bridgehead atoms. The van der Waals surface area contributed by atoms with Crippen LogP contribution in [0.4, 0.5) is 4.79 Å². The summed E-state index contributed by atoms with van der Waals surface area (Å²) in [4.78, 5) is 11.4. The number of thioether (sulfide) groups is 1. The topological polar surface area (TPSA) is 47.6 Å². The molecule has 23 heavy (non-hydrogen) atoms. The first-order valence-electron chi connectivity index (χ1n) is 8.65. The summed E-state index contributed by atoms with van der Waals surface area (Å²) >= 11 is 6.00. The zero-order valence-corrected chi connectivity index (χ0v) is 16.7. The highest BCUT2D eigenvalue weighted by Crippen LogP contribution is 2.10. The summed E-state index contributed by atoms with van der Waals surface area (Å²) in [6.07, 6.45) is 7.13. The van der Waals surface area contributed by atoms with Crippen molar-refractivity contribution in [3.8, 4) is 0 Å². The van der Waals surface area contributed by atoms with E-state index in [1.54, 1.807) is 0 Å². The van der Waals surface area contributed by atoms with Gasteiger partial charge in [0.05, 0.1) is 6.10 Å². The number of ether oxygens (including phenoxy) is 2. The largest absolute Gasteiger partial charge is 0.455 e. The Bertz CT molecular complexity index is 323. The van der Waals surface area contributed by atoms with Crippen molar-refractivity contribution >= 4 is 33.6 Å². The minimum atomic E-state index is -0.355. The molecule has 0 unspecified atom stereocenters. The van der Waals surface area contributed by atoms with E-state index in [-0.39, 0.29) is 11.4 Å². The normalized spacial score (nSPS) is 11.0. The minimum Gasteiger partial charge on any atom is -0.455 e. The molecule has 0 saturated heterocycles. The third-order valence-corrected chi connectivity index (χ3v) is 4.05. The van der Waals surface area contributed by atoms with Crippen LogP contribution in [0, 0.1) is 5.92 Å². The molecule has 0 spiro atoms. The van der Waals surface area contributed by atoms with E-state index in [1.807, 2.05) is 13.8 Å². The quantitative estimate of drug-likeness (QED) is 0.294. The molecule has 0 aliphatic rings. The molecule has 0 rings (SSSR count). The molecule has 0 aliphatic heterocycles. The van der Waals surface area contributed by atoms with E-state index in [0.717, 1.165) is 50.3 Å². The zero-order valence-electron chi connectivity index (χ0n) is 15.1. The van der Waals surface area contributed by atoms with Crippen LogP contribution in [0.3, 0.4) is 0 Å². The fourth-order valence-electron chi connectivity index (χ4n) is 1.91. The summed E-state index contributed by atoms with van der Waals surface area (Å²) in [5, 5.41) is 2.67. The Balaban J connectivity index is 3.29. The maximum Gasteiger partial charge on any atom is 0.374 e. The van der Waals surface area contributed by atoms with Gasteiger partial charge < -0.3 is 14.8 Å². The lowest BCUT2D eigenvalue weighted by Gasteiger charge is -2.09. The van der Waals surface area contributed by atoms with Gasteiger partial charge in [-0.1, -0.05) is 51.7 Å². The van der Waals surface area contributed by atoms with Crippen LogP contribution in [0.15, 0.2) is 0 Å². The van der Waals surface area contributed by atoms with E-state index in [0.29, 0.717) is 4.32 Å². The second-order valence-electron chi connectivity index (χ2n) is 6.30. The van der Waals surface area contributed by atoms with Crippen molar-refractivity contribution in [1.82, 2.24) is 5.32 Å². The Morgan fingerprint density at radius 1 is 1.04 bits per heavy atom. The molecule has 1 N–H and O–H groups in total. The van der Waals surface area contributed by atoms with E-state index in [4.69, 9.17) is 21.7 Å². The van der Waals surface area contributed by atoms with Gasteiger partial charge in [0.15, 0.2) is 0 Å². The van der Waals surface area contributed by atoms with Crippen LogP contribution in [-0.4, -0.2) is 35.5 Å². The molecular formula is C17H33NO3S2. The summed E-state index contributed by atoms with van der Waals surface area (Å²) in [6.45, 7) is 10.5. The number of hydrogen-bond donors (Lipinski definition) is 1. The average Bonchev–Trinajstić information content (AvgIpc) is 2.43. The zero-order chi connectivity index (χ0) is 17.5. The number of unbranched alkanes of at least 4 members (excludes halogenated alkanes) is 3. The van der Waals surface area contributed by atoms with Crippen LogP contribution in [0.25, 0.3) is 0 Å². The van der Waals surface area contributed by atoms with Crippen molar-refractivity contribution in [3.05, 3.63) is 0 Å². The third kappa shape index (κ3) is 17.9. The smallest absolute Gasteiger partial charge is 0.374 e. The second-order valence-corrected chi connectivity index (χ2v) is 7.91. The van der Waals surface area contributed by atoms with Crippen LogP contribution in [0.5, 0.6) is 0 Å². The van der Waals surface area contributed by atoms with E-state index in [9.17, 15) is 4.79 Å². The molecule has 0 heterocycles. The molecule has 6 heteroatoms. The van der Waals surface area contributed by atoms with Crippen LogP contribution in [0.2, 0.25) is 0 Å². The lowest BCUT2D eigenvalue weighted by atomic mass is 10.0. The monoisotopic (exact) mass is 363 g/mol. The Morgan fingerprint density at radius 3 is 2.35 bits per heavy atom. The maximum atomic E-state index is 11.4. The fraction of sp³-hybridized carbons (Fsp3) is 0.882. The van der Waals surface area contributed by atoms with Crippen molar-refractivity contribution in [2.24, 2.45) is 5.92 Å². The predicted octanol–water partition coefficient (Wildman–Crippen LogP) is 5.15. The van der Waals surface area contributed by atoms with Crippen LogP contribution < -0.4 is 5.32 Å². The number of hydrogen-bond acceptors (Lipinski definition) is 5. The molecule has 136 valence electrons. The average molecular weight is 364 g/mol. The summed E-state index contributed by atoms with van der Waals surface area (Å²) in [7, 11) is 0. The summed E-state index contributed by atoms with van der Waals surface area (Å²) < 4.78 is 11.1. The van der Waals surface area contributed by atoms with Gasteiger partial charge in [-0.2, -0.15) is 0 Å². The van der Waals surface area contributed by atoms with E-state index >= 15 is 0 Å². The number of carbonyl (C=O) groups is 1. The Morgan fingerprint density at radius 2 is 1.70 bits per heavy atom. The SMILES string of the molecule is CC(C)CCCCCCOCCCNC(=S)SC(=O)OC(C)C. The first-order chi connectivity index (χ1) is 10.9. The number of nitrogens with one attached hydrogen (secondary N) is 1. The predicted molar refractivity (Wildman–Crippen MR) is 103 cm³/mol. The molecular weight excluding hydrogens is 330 g/mol. The van der Waals surface area contributed by atoms with Crippen molar-refractivity contribution < 1.29 is 14.3 Å². The Kier molecular flexibility index (Phi) is 15.0. The molecule has 0 radical (unpaired) electrons. The highest BCUT2D eigenvalue weighted by Gasteiger charge is 2.09. The van der Waals surface area contributed by atoms with Gasteiger partial charge in [-0.15, -0.1) is 0 Å². The van der Waals surface area contributed by atoms with Crippen molar-refractivity contribution in [1.29, 1.82) is 0 Å². The lowest BCUT2D eigenvalue weighted by molar-refractivity contribution is 0.128. The van der Waals surface area contributed by atoms with Crippen molar-refractivity contribution in [3.63, 3.8) is 0 Å². The van der Waals surface area contributed by atoms with Crippen LogP contribution in [-0.2, 0) is 9.47 Å². The summed E-state index contributed by atoms with van der Waals surface area (Å²) in [5.74, 6) is 0.815. The van der Waals surface area contributed by atoms with Crippen LogP contribution >= 0.6 is 24.0 Å². The van der Waals surface area contributed by atoms with Gasteiger partial charge in [-0.3, -0.25) is 0 Å². The highest BCUT2D eigenvalue weighted by atomic mass is 32.2. The van der Waals surface area contributed by atoms with Crippen molar-refractivity contribution in [2.45, 2.75) is 72.3 Å². The van der Waals surface area contributed by atoms with Gasteiger partial charge in [-0.05, 0) is 32.6 Å². The lowest BCUT2D eigenvalue weighted by Crippen LogP contribution is -2.23. The van der Waals surface area contributed by atoms with Gasteiger partial charge in [-0.25, -0.2) is 4.79 Å². The summed E-state index contributed by atoms with van der Waals surface area (Å²) in [6, 6.07) is 0. The van der Waals surface area contributed by atoms with Gasteiger partial charge in [0, 0.05) is 31.5 Å². The van der Waals surface area contributed by atoms with E-state index in [1.165, 1.54) is 25.7 Å². The van der Waals surface area contributed by atoms with Gasteiger partial charge in [0.2, 0.25) is 0 Å². The molecule has 0 aromatic rings. The molecule has 0 fully saturated rings. The van der Waals surface area contributed by atoms with Crippen LogP contribution in [0.1, 0.15) is 66.2 Å². The molecule has 4 nitrogen and oxygen atoms in total. The molecule has 0 aliphatic carbocycles.